The highest BCUT2D eigenvalue weighted by Gasteiger charge is 2.20. The maximum atomic E-state index is 9.17. The molecule has 0 aromatic rings. The van der Waals surface area contributed by atoms with Gasteiger partial charge in [0.15, 0.2) is 0 Å². The average Bonchev–Trinajstić information content (AvgIpc) is 2.33. The molecule has 0 rings (SSSR count). The second-order valence-electron chi connectivity index (χ2n) is 5.06. The summed E-state index contributed by atoms with van der Waals surface area (Å²) in [5.41, 5.74) is 5.49. The number of rotatable bonds is 10. The first-order chi connectivity index (χ1) is 7.99. The molecule has 4 nitrogen and oxygen atoms in total. The molecule has 0 saturated carbocycles. The van der Waals surface area contributed by atoms with Crippen LogP contribution in [0, 0.1) is 0 Å². The zero-order valence-corrected chi connectivity index (χ0v) is 12.1. The third-order valence-electron chi connectivity index (χ3n) is 3.24. The normalized spacial score (nSPS) is 15.5. The van der Waals surface area contributed by atoms with Gasteiger partial charge in [-0.3, -0.25) is 0 Å². The van der Waals surface area contributed by atoms with Crippen LogP contribution in [-0.4, -0.2) is 66.3 Å². The highest BCUT2D eigenvalue weighted by atomic mass is 16.3. The van der Waals surface area contributed by atoms with Crippen LogP contribution in [0.4, 0.5) is 0 Å². The Morgan fingerprint density at radius 1 is 1.00 bits per heavy atom. The third kappa shape index (κ3) is 7.71. The largest absolute Gasteiger partial charge is 0.394 e. The van der Waals surface area contributed by atoms with Crippen molar-refractivity contribution in [2.45, 2.75) is 39.7 Å². The number of aliphatic hydroxyl groups is 1. The van der Waals surface area contributed by atoms with E-state index in [0.29, 0.717) is 0 Å². The first kappa shape index (κ1) is 16.8. The lowest BCUT2D eigenvalue weighted by molar-refractivity contribution is 0.146. The van der Waals surface area contributed by atoms with Crippen molar-refractivity contribution in [2.24, 2.45) is 5.73 Å². The van der Waals surface area contributed by atoms with Crippen molar-refractivity contribution in [3.63, 3.8) is 0 Å². The van der Waals surface area contributed by atoms with Crippen LogP contribution in [0.3, 0.4) is 0 Å². The molecule has 0 spiro atoms. The van der Waals surface area contributed by atoms with Crippen molar-refractivity contribution in [3.05, 3.63) is 0 Å². The molecule has 0 aliphatic carbocycles. The van der Waals surface area contributed by atoms with Crippen LogP contribution in [0.1, 0.15) is 34.1 Å². The molecule has 4 heteroatoms. The van der Waals surface area contributed by atoms with E-state index in [2.05, 4.69) is 30.6 Å². The second-order valence-corrected chi connectivity index (χ2v) is 5.06. The van der Waals surface area contributed by atoms with Gasteiger partial charge in [0.05, 0.1) is 6.61 Å². The quantitative estimate of drug-likeness (QED) is 0.596. The van der Waals surface area contributed by atoms with E-state index in [1.165, 1.54) is 0 Å². The molecule has 0 aromatic heterocycles. The molecular formula is C13H31N3O. The smallest absolute Gasteiger partial charge is 0.0621 e. The SMILES string of the molecule is CCN(CC)CCCN(CC)CC(C)(N)CO. The minimum atomic E-state index is -0.481. The number of nitrogens with two attached hydrogens (primary N) is 1. The first-order valence-corrected chi connectivity index (χ1v) is 6.83. The number of likely N-dealkylation sites (N-methyl/N-ethyl adjacent to an activating group) is 1. The zero-order valence-electron chi connectivity index (χ0n) is 12.1. The fourth-order valence-corrected chi connectivity index (χ4v) is 1.97. The van der Waals surface area contributed by atoms with E-state index < -0.39 is 5.54 Å². The van der Waals surface area contributed by atoms with E-state index >= 15 is 0 Å². The van der Waals surface area contributed by atoms with Gasteiger partial charge in [-0.15, -0.1) is 0 Å². The van der Waals surface area contributed by atoms with Gasteiger partial charge in [-0.1, -0.05) is 20.8 Å². The Bertz CT molecular complexity index is 182. The fourth-order valence-electron chi connectivity index (χ4n) is 1.97. The van der Waals surface area contributed by atoms with E-state index in [-0.39, 0.29) is 6.61 Å². The molecule has 104 valence electrons. The monoisotopic (exact) mass is 245 g/mol. The molecule has 0 amide bonds. The van der Waals surface area contributed by atoms with E-state index in [4.69, 9.17) is 10.8 Å². The maximum Gasteiger partial charge on any atom is 0.0621 e. The van der Waals surface area contributed by atoms with Gasteiger partial charge in [0.2, 0.25) is 0 Å². The van der Waals surface area contributed by atoms with Crippen LogP contribution in [0.25, 0.3) is 0 Å². The lowest BCUT2D eigenvalue weighted by Gasteiger charge is -2.31. The van der Waals surface area contributed by atoms with Crippen LogP contribution >= 0.6 is 0 Å². The number of aliphatic hydroxyl groups excluding tert-OH is 1. The summed E-state index contributed by atoms with van der Waals surface area (Å²) in [5, 5.41) is 9.17. The van der Waals surface area contributed by atoms with Crippen LogP contribution in [0.15, 0.2) is 0 Å². The molecule has 0 aliphatic heterocycles. The van der Waals surface area contributed by atoms with Crippen LogP contribution in [-0.2, 0) is 0 Å². The van der Waals surface area contributed by atoms with E-state index in [9.17, 15) is 0 Å². The van der Waals surface area contributed by atoms with Gasteiger partial charge in [0, 0.05) is 12.1 Å². The summed E-state index contributed by atoms with van der Waals surface area (Å²) in [6, 6.07) is 0. The van der Waals surface area contributed by atoms with E-state index in [1.807, 2.05) is 6.92 Å². The molecular weight excluding hydrogens is 214 g/mol. The summed E-state index contributed by atoms with van der Waals surface area (Å²) in [4.78, 5) is 4.75. The highest BCUT2D eigenvalue weighted by molar-refractivity contribution is 4.81. The summed E-state index contributed by atoms with van der Waals surface area (Å²) in [7, 11) is 0. The van der Waals surface area contributed by atoms with E-state index in [1.54, 1.807) is 0 Å². The molecule has 1 unspecified atom stereocenters. The van der Waals surface area contributed by atoms with Crippen molar-refractivity contribution in [2.75, 3.05) is 45.9 Å². The standard InChI is InChI=1S/C13H31N3O/c1-5-15(6-2)9-8-10-16(7-3)11-13(4,14)12-17/h17H,5-12,14H2,1-4H3. The fraction of sp³-hybridized carbons (Fsp3) is 1.00. The van der Waals surface area contributed by atoms with Crippen LogP contribution < -0.4 is 5.73 Å². The van der Waals surface area contributed by atoms with Crippen molar-refractivity contribution >= 4 is 0 Å². The van der Waals surface area contributed by atoms with Gasteiger partial charge in [0.25, 0.3) is 0 Å². The summed E-state index contributed by atoms with van der Waals surface area (Å²) in [6.45, 7) is 14.7. The van der Waals surface area contributed by atoms with Crippen molar-refractivity contribution in [3.8, 4) is 0 Å². The van der Waals surface area contributed by atoms with Gasteiger partial charge in [-0.25, -0.2) is 0 Å². The Hall–Kier alpha value is -0.160. The lowest BCUT2D eigenvalue weighted by Crippen LogP contribution is -2.51. The molecule has 0 heterocycles. The Kier molecular flexibility index (Phi) is 8.78. The highest BCUT2D eigenvalue weighted by Crippen LogP contribution is 2.03. The molecule has 0 saturated heterocycles. The lowest BCUT2D eigenvalue weighted by atomic mass is 10.0. The Morgan fingerprint density at radius 2 is 1.47 bits per heavy atom. The predicted octanol–water partition coefficient (Wildman–Crippen LogP) is 0.750. The van der Waals surface area contributed by atoms with Gasteiger partial charge < -0.3 is 20.6 Å². The van der Waals surface area contributed by atoms with Crippen molar-refractivity contribution in [1.82, 2.24) is 9.80 Å². The van der Waals surface area contributed by atoms with Crippen LogP contribution in [0.5, 0.6) is 0 Å². The summed E-state index contributed by atoms with van der Waals surface area (Å²) >= 11 is 0. The molecule has 0 radical (unpaired) electrons. The molecule has 0 fully saturated rings. The number of nitrogens with zero attached hydrogens (tertiary/aromatic N) is 2. The number of hydrogen-bond acceptors (Lipinski definition) is 4. The van der Waals surface area contributed by atoms with Gasteiger partial charge in [-0.05, 0) is 46.1 Å². The van der Waals surface area contributed by atoms with Gasteiger partial charge in [0.1, 0.15) is 0 Å². The van der Waals surface area contributed by atoms with Gasteiger partial charge >= 0.3 is 0 Å². The molecule has 1 atom stereocenters. The second kappa shape index (κ2) is 8.86. The Morgan fingerprint density at radius 3 is 1.88 bits per heavy atom. The van der Waals surface area contributed by atoms with Crippen molar-refractivity contribution in [1.29, 1.82) is 0 Å². The Balaban J connectivity index is 3.90. The summed E-state index contributed by atoms with van der Waals surface area (Å²) < 4.78 is 0. The van der Waals surface area contributed by atoms with E-state index in [0.717, 1.165) is 45.7 Å². The van der Waals surface area contributed by atoms with Crippen LogP contribution in [0.2, 0.25) is 0 Å². The minimum Gasteiger partial charge on any atom is -0.394 e. The summed E-state index contributed by atoms with van der Waals surface area (Å²) in [5.74, 6) is 0. The number of hydrogen-bond donors (Lipinski definition) is 2. The summed E-state index contributed by atoms with van der Waals surface area (Å²) in [6.07, 6.45) is 1.16. The third-order valence-corrected chi connectivity index (χ3v) is 3.24. The first-order valence-electron chi connectivity index (χ1n) is 6.83. The Labute approximate surface area is 107 Å². The molecule has 17 heavy (non-hydrogen) atoms. The molecule has 3 N–H and O–H groups in total. The maximum absolute atomic E-state index is 9.17. The zero-order chi connectivity index (χ0) is 13.3. The molecule has 0 aliphatic rings. The average molecular weight is 245 g/mol. The van der Waals surface area contributed by atoms with Crippen molar-refractivity contribution < 1.29 is 5.11 Å². The van der Waals surface area contributed by atoms with Gasteiger partial charge in [-0.2, -0.15) is 0 Å². The molecule has 0 bridgehead atoms. The molecule has 0 aromatic carbocycles. The predicted molar refractivity (Wildman–Crippen MR) is 74.2 cm³/mol. The minimum absolute atomic E-state index is 0.0412. The topological polar surface area (TPSA) is 52.7 Å².